The van der Waals surface area contributed by atoms with E-state index in [2.05, 4.69) is 39.9 Å². The Labute approximate surface area is 113 Å². The molecule has 3 nitrogen and oxygen atoms in total. The fourth-order valence-electron chi connectivity index (χ4n) is 1.91. The second kappa shape index (κ2) is 8.52. The van der Waals surface area contributed by atoms with Crippen LogP contribution in [0.5, 0.6) is 0 Å². The fourth-order valence-corrected chi connectivity index (χ4v) is 1.91. The van der Waals surface area contributed by atoms with Crippen LogP contribution < -0.4 is 11.1 Å². The molecule has 0 aliphatic rings. The van der Waals surface area contributed by atoms with Crippen molar-refractivity contribution >= 4 is 5.91 Å². The van der Waals surface area contributed by atoms with Crippen LogP contribution in [0.2, 0.25) is 0 Å². The van der Waals surface area contributed by atoms with Gasteiger partial charge in [0.2, 0.25) is 5.91 Å². The number of nitrogens with one attached hydrogen (secondary N) is 1. The van der Waals surface area contributed by atoms with Gasteiger partial charge in [0.25, 0.3) is 0 Å². The molecule has 0 heterocycles. The first-order valence-corrected chi connectivity index (χ1v) is 7.28. The van der Waals surface area contributed by atoms with Crippen LogP contribution in [0.15, 0.2) is 0 Å². The summed E-state index contributed by atoms with van der Waals surface area (Å²) in [6.07, 6.45) is 3.92. The largest absolute Gasteiger partial charge is 0.356 e. The highest BCUT2D eigenvalue weighted by Crippen LogP contribution is 2.27. The molecular weight excluding hydrogens is 224 g/mol. The lowest BCUT2D eigenvalue weighted by atomic mass is 9.80. The predicted molar refractivity (Wildman–Crippen MR) is 78.3 cm³/mol. The van der Waals surface area contributed by atoms with Gasteiger partial charge in [-0.3, -0.25) is 4.79 Å². The van der Waals surface area contributed by atoms with E-state index in [1.165, 1.54) is 0 Å². The van der Waals surface area contributed by atoms with Crippen molar-refractivity contribution in [2.45, 2.75) is 60.3 Å². The Kier molecular flexibility index (Phi) is 8.25. The molecule has 108 valence electrons. The Balaban J connectivity index is 4.00. The molecule has 3 heteroatoms. The van der Waals surface area contributed by atoms with Gasteiger partial charge in [0.05, 0.1) is 0 Å². The zero-order valence-electron chi connectivity index (χ0n) is 12.9. The van der Waals surface area contributed by atoms with Crippen LogP contribution in [-0.4, -0.2) is 19.0 Å². The van der Waals surface area contributed by atoms with Crippen LogP contribution in [0.4, 0.5) is 0 Å². The smallest absolute Gasteiger partial charge is 0.220 e. The van der Waals surface area contributed by atoms with Gasteiger partial charge in [-0.15, -0.1) is 0 Å². The van der Waals surface area contributed by atoms with E-state index in [4.69, 9.17) is 5.73 Å². The van der Waals surface area contributed by atoms with E-state index < -0.39 is 0 Å². The highest BCUT2D eigenvalue weighted by atomic mass is 16.1. The summed E-state index contributed by atoms with van der Waals surface area (Å²) in [5, 5.41) is 3.06. The lowest BCUT2D eigenvalue weighted by Crippen LogP contribution is -2.33. The van der Waals surface area contributed by atoms with Gasteiger partial charge >= 0.3 is 0 Å². The zero-order valence-corrected chi connectivity index (χ0v) is 12.9. The number of rotatable bonds is 8. The number of amides is 1. The van der Waals surface area contributed by atoms with Crippen molar-refractivity contribution in [3.8, 4) is 0 Å². The third-order valence-corrected chi connectivity index (χ3v) is 3.83. The van der Waals surface area contributed by atoms with E-state index >= 15 is 0 Å². The van der Waals surface area contributed by atoms with Crippen LogP contribution >= 0.6 is 0 Å². The second-order valence-electron chi connectivity index (χ2n) is 6.51. The maximum absolute atomic E-state index is 11.9. The van der Waals surface area contributed by atoms with E-state index in [0.29, 0.717) is 24.8 Å². The lowest BCUT2D eigenvalue weighted by Gasteiger charge is -2.27. The molecule has 0 saturated heterocycles. The van der Waals surface area contributed by atoms with Crippen LogP contribution in [-0.2, 0) is 4.79 Å². The van der Waals surface area contributed by atoms with Gasteiger partial charge in [0.1, 0.15) is 0 Å². The molecule has 18 heavy (non-hydrogen) atoms. The lowest BCUT2D eigenvalue weighted by molar-refractivity contribution is -0.122. The molecule has 2 atom stereocenters. The minimum atomic E-state index is 0.176. The number of hydrogen-bond acceptors (Lipinski definition) is 2. The molecule has 0 aliphatic carbocycles. The SMILES string of the molecule is CCCC(CCN)CNC(=O)CC(C)C(C)(C)C. The monoisotopic (exact) mass is 256 g/mol. The summed E-state index contributed by atoms with van der Waals surface area (Å²) < 4.78 is 0. The van der Waals surface area contributed by atoms with Crippen molar-refractivity contribution in [2.75, 3.05) is 13.1 Å². The molecule has 0 fully saturated rings. The van der Waals surface area contributed by atoms with Crippen molar-refractivity contribution in [3.05, 3.63) is 0 Å². The Hall–Kier alpha value is -0.570. The fraction of sp³-hybridized carbons (Fsp3) is 0.933. The van der Waals surface area contributed by atoms with Crippen molar-refractivity contribution < 1.29 is 4.79 Å². The summed E-state index contributed by atoms with van der Waals surface area (Å²) in [5.41, 5.74) is 5.78. The summed E-state index contributed by atoms with van der Waals surface area (Å²) in [6, 6.07) is 0. The van der Waals surface area contributed by atoms with Crippen LogP contribution in [0, 0.1) is 17.3 Å². The Morgan fingerprint density at radius 1 is 1.28 bits per heavy atom. The van der Waals surface area contributed by atoms with Crippen molar-refractivity contribution in [1.82, 2.24) is 5.32 Å². The average molecular weight is 256 g/mol. The standard InChI is InChI=1S/C15H32N2O/c1-6-7-13(8-9-16)11-17-14(18)10-12(2)15(3,4)5/h12-13H,6-11,16H2,1-5H3,(H,17,18). The molecule has 1 amide bonds. The normalized spacial score (nSPS) is 15.2. The van der Waals surface area contributed by atoms with Crippen molar-refractivity contribution in [3.63, 3.8) is 0 Å². The minimum absolute atomic E-state index is 0.176. The van der Waals surface area contributed by atoms with E-state index in [9.17, 15) is 4.79 Å². The molecule has 0 spiro atoms. The van der Waals surface area contributed by atoms with E-state index in [-0.39, 0.29) is 11.3 Å². The highest BCUT2D eigenvalue weighted by Gasteiger charge is 2.22. The number of carbonyl (C=O) groups excluding carboxylic acids is 1. The van der Waals surface area contributed by atoms with E-state index in [1.54, 1.807) is 0 Å². The van der Waals surface area contributed by atoms with Gasteiger partial charge in [-0.25, -0.2) is 0 Å². The molecule has 0 aliphatic heterocycles. The molecule has 0 radical (unpaired) electrons. The first-order chi connectivity index (χ1) is 8.31. The van der Waals surface area contributed by atoms with Gasteiger partial charge in [-0.2, -0.15) is 0 Å². The van der Waals surface area contributed by atoms with Gasteiger partial charge < -0.3 is 11.1 Å². The molecule has 0 saturated carbocycles. The maximum atomic E-state index is 11.9. The Bertz CT molecular complexity index is 227. The Morgan fingerprint density at radius 2 is 1.89 bits per heavy atom. The maximum Gasteiger partial charge on any atom is 0.220 e. The number of nitrogens with two attached hydrogens (primary N) is 1. The molecule has 0 rings (SSSR count). The molecule has 3 N–H and O–H groups in total. The third kappa shape index (κ3) is 7.70. The van der Waals surface area contributed by atoms with Crippen LogP contribution in [0.3, 0.4) is 0 Å². The average Bonchev–Trinajstić information content (AvgIpc) is 2.25. The van der Waals surface area contributed by atoms with Gasteiger partial charge in [-0.1, -0.05) is 41.0 Å². The topological polar surface area (TPSA) is 55.1 Å². The van der Waals surface area contributed by atoms with Gasteiger partial charge in [-0.05, 0) is 36.6 Å². The van der Waals surface area contributed by atoms with Crippen molar-refractivity contribution in [2.24, 2.45) is 23.0 Å². The van der Waals surface area contributed by atoms with E-state index in [1.807, 2.05) is 0 Å². The summed E-state index contributed by atoms with van der Waals surface area (Å²) in [6.45, 7) is 12.3. The first kappa shape index (κ1) is 17.4. The minimum Gasteiger partial charge on any atom is -0.356 e. The van der Waals surface area contributed by atoms with Crippen molar-refractivity contribution in [1.29, 1.82) is 0 Å². The van der Waals surface area contributed by atoms with E-state index in [0.717, 1.165) is 25.8 Å². The highest BCUT2D eigenvalue weighted by molar-refractivity contribution is 5.76. The zero-order chi connectivity index (χ0) is 14.2. The summed E-state index contributed by atoms with van der Waals surface area (Å²) >= 11 is 0. The summed E-state index contributed by atoms with van der Waals surface area (Å²) in [7, 11) is 0. The molecule has 0 aromatic heterocycles. The van der Waals surface area contributed by atoms with Crippen LogP contribution in [0.25, 0.3) is 0 Å². The Morgan fingerprint density at radius 3 is 2.33 bits per heavy atom. The van der Waals surface area contributed by atoms with Gasteiger partial charge in [0.15, 0.2) is 0 Å². The van der Waals surface area contributed by atoms with Crippen LogP contribution in [0.1, 0.15) is 60.3 Å². The predicted octanol–water partition coefficient (Wildman–Crippen LogP) is 2.94. The number of hydrogen-bond donors (Lipinski definition) is 2. The quantitative estimate of drug-likeness (QED) is 0.701. The number of carbonyl (C=O) groups is 1. The third-order valence-electron chi connectivity index (χ3n) is 3.83. The molecule has 0 aromatic rings. The second-order valence-corrected chi connectivity index (χ2v) is 6.51. The van der Waals surface area contributed by atoms with Gasteiger partial charge in [0, 0.05) is 13.0 Å². The first-order valence-electron chi connectivity index (χ1n) is 7.28. The molecule has 0 bridgehead atoms. The summed E-state index contributed by atoms with van der Waals surface area (Å²) in [4.78, 5) is 11.9. The molecule has 2 unspecified atom stereocenters. The summed E-state index contributed by atoms with van der Waals surface area (Å²) in [5.74, 6) is 1.11. The molecule has 0 aromatic carbocycles. The molecular formula is C15H32N2O.